The Balaban J connectivity index is 1.78. The fourth-order valence-corrected chi connectivity index (χ4v) is 4.03. The van der Waals surface area contributed by atoms with Gasteiger partial charge in [0, 0.05) is 24.4 Å². The number of nitrogens with zero attached hydrogens (tertiary/aromatic N) is 2. The molecule has 1 atom stereocenters. The second-order valence-corrected chi connectivity index (χ2v) is 7.06. The molecule has 0 radical (unpaired) electrons. The van der Waals surface area contributed by atoms with Gasteiger partial charge in [-0.15, -0.1) is 0 Å². The van der Waals surface area contributed by atoms with Crippen LogP contribution < -0.4 is 24.4 Å². The number of ether oxygens (including phenoxy) is 3. The van der Waals surface area contributed by atoms with Crippen LogP contribution in [0.25, 0.3) is 0 Å². The van der Waals surface area contributed by atoms with Crippen molar-refractivity contribution in [2.24, 2.45) is 0 Å². The number of methoxy groups -OCH3 is 3. The lowest BCUT2D eigenvalue weighted by molar-refractivity contribution is 0.103. The molecule has 9 heteroatoms. The molecule has 8 nitrogen and oxygen atoms in total. The number of carbonyl (C=O) groups is 1. The van der Waals surface area contributed by atoms with Gasteiger partial charge >= 0.3 is 0 Å². The molecule has 1 unspecified atom stereocenters. The third-order valence-corrected chi connectivity index (χ3v) is 5.51. The van der Waals surface area contributed by atoms with Crippen molar-refractivity contribution in [3.05, 3.63) is 23.2 Å². The predicted octanol–water partition coefficient (Wildman–Crippen LogP) is 2.38. The zero-order valence-corrected chi connectivity index (χ0v) is 16.3. The van der Waals surface area contributed by atoms with Crippen LogP contribution >= 0.6 is 11.3 Å². The number of amides is 1. The molecule has 1 aliphatic heterocycles. The van der Waals surface area contributed by atoms with Gasteiger partial charge in [0.05, 0.1) is 40.2 Å². The average Bonchev–Trinajstić information content (AvgIpc) is 3.35. The number of carbonyl (C=O) groups excluding carboxylic acids is 1. The Morgan fingerprint density at radius 2 is 2.00 bits per heavy atom. The number of benzene rings is 1. The molecule has 2 N–H and O–H groups in total. The van der Waals surface area contributed by atoms with Gasteiger partial charge in [0.25, 0.3) is 5.91 Å². The number of hydrogen-bond acceptors (Lipinski definition) is 8. The van der Waals surface area contributed by atoms with E-state index >= 15 is 0 Å². The normalized spacial score (nSPS) is 16.3. The summed E-state index contributed by atoms with van der Waals surface area (Å²) in [5.41, 5.74) is 0.527. The summed E-state index contributed by atoms with van der Waals surface area (Å²) in [5, 5.41) is 13.1. The van der Waals surface area contributed by atoms with Gasteiger partial charge in [-0.3, -0.25) is 4.79 Å². The first kappa shape index (κ1) is 19.2. The summed E-state index contributed by atoms with van der Waals surface area (Å²) >= 11 is 1.31. The van der Waals surface area contributed by atoms with Crippen LogP contribution in [0.15, 0.2) is 18.3 Å². The van der Waals surface area contributed by atoms with Crippen molar-refractivity contribution in [2.75, 3.05) is 44.7 Å². The van der Waals surface area contributed by atoms with E-state index in [4.69, 9.17) is 14.2 Å². The highest BCUT2D eigenvalue weighted by atomic mass is 32.1. The van der Waals surface area contributed by atoms with Crippen LogP contribution in [0.3, 0.4) is 0 Å². The molecule has 0 aliphatic carbocycles. The minimum atomic E-state index is -0.271. The van der Waals surface area contributed by atoms with Crippen molar-refractivity contribution < 1.29 is 24.1 Å². The molecule has 146 valence electrons. The molecular weight excluding hydrogens is 370 g/mol. The first-order valence-electron chi connectivity index (χ1n) is 8.56. The summed E-state index contributed by atoms with van der Waals surface area (Å²) in [6, 6.07) is 3.41. The van der Waals surface area contributed by atoms with E-state index in [9.17, 15) is 9.90 Å². The van der Waals surface area contributed by atoms with Crippen molar-refractivity contribution in [3.8, 4) is 17.2 Å². The van der Waals surface area contributed by atoms with Gasteiger partial charge in [-0.1, -0.05) is 11.3 Å². The number of aromatic nitrogens is 1. The lowest BCUT2D eigenvalue weighted by atomic mass is 10.2. The topological polar surface area (TPSA) is 93.2 Å². The van der Waals surface area contributed by atoms with E-state index in [0.29, 0.717) is 27.8 Å². The average molecular weight is 393 g/mol. The Labute approximate surface area is 161 Å². The number of nitrogens with one attached hydrogen (secondary N) is 1. The van der Waals surface area contributed by atoms with Crippen molar-refractivity contribution >= 4 is 28.1 Å². The molecule has 1 aromatic heterocycles. The van der Waals surface area contributed by atoms with E-state index in [1.165, 1.54) is 32.7 Å². The van der Waals surface area contributed by atoms with E-state index in [-0.39, 0.29) is 18.6 Å². The van der Waals surface area contributed by atoms with Gasteiger partial charge in [-0.25, -0.2) is 4.98 Å². The molecule has 1 saturated heterocycles. The van der Waals surface area contributed by atoms with Gasteiger partial charge in [0.15, 0.2) is 16.6 Å². The molecule has 1 aliphatic rings. The minimum Gasteiger partial charge on any atom is -0.493 e. The van der Waals surface area contributed by atoms with Crippen LogP contribution in [0.4, 0.5) is 10.8 Å². The van der Waals surface area contributed by atoms with Crippen molar-refractivity contribution in [1.29, 1.82) is 0 Å². The van der Waals surface area contributed by atoms with Crippen LogP contribution in [0, 0.1) is 0 Å². The lowest BCUT2D eigenvalue weighted by Crippen LogP contribution is -2.31. The molecule has 0 spiro atoms. The van der Waals surface area contributed by atoms with Crippen LogP contribution in [-0.4, -0.2) is 56.5 Å². The predicted molar refractivity (Wildman–Crippen MR) is 104 cm³/mol. The highest BCUT2D eigenvalue weighted by Gasteiger charge is 2.27. The number of thiazole rings is 1. The summed E-state index contributed by atoms with van der Waals surface area (Å²) < 4.78 is 15.9. The monoisotopic (exact) mass is 393 g/mol. The fourth-order valence-electron chi connectivity index (χ4n) is 3.13. The summed E-state index contributed by atoms with van der Waals surface area (Å²) in [5.74, 6) is 1.11. The van der Waals surface area contributed by atoms with Crippen LogP contribution in [0.5, 0.6) is 17.2 Å². The zero-order chi connectivity index (χ0) is 19.4. The van der Waals surface area contributed by atoms with Crippen molar-refractivity contribution in [1.82, 2.24) is 4.98 Å². The van der Waals surface area contributed by atoms with Gasteiger partial charge in [0.2, 0.25) is 5.75 Å². The third kappa shape index (κ3) is 3.93. The number of anilines is 2. The zero-order valence-electron chi connectivity index (χ0n) is 15.5. The number of rotatable bonds is 7. The van der Waals surface area contributed by atoms with E-state index in [0.717, 1.165) is 24.5 Å². The second-order valence-electron chi connectivity index (χ2n) is 6.05. The molecule has 3 rings (SSSR count). The smallest absolute Gasteiger partial charge is 0.267 e. The van der Waals surface area contributed by atoms with Crippen LogP contribution in [0.2, 0.25) is 0 Å². The van der Waals surface area contributed by atoms with Gasteiger partial charge in [-0.2, -0.15) is 0 Å². The van der Waals surface area contributed by atoms with Crippen molar-refractivity contribution in [2.45, 2.75) is 18.9 Å². The Kier molecular flexibility index (Phi) is 6.02. The molecule has 0 saturated carbocycles. The minimum absolute atomic E-state index is 0.0715. The Morgan fingerprint density at radius 3 is 2.59 bits per heavy atom. The highest BCUT2D eigenvalue weighted by molar-refractivity contribution is 7.17. The Morgan fingerprint density at radius 1 is 1.30 bits per heavy atom. The highest BCUT2D eigenvalue weighted by Crippen LogP contribution is 2.40. The molecule has 1 amide bonds. The number of aliphatic hydroxyl groups is 1. The van der Waals surface area contributed by atoms with E-state index in [1.807, 2.05) is 0 Å². The summed E-state index contributed by atoms with van der Waals surface area (Å²) in [4.78, 5) is 19.5. The number of aliphatic hydroxyl groups excluding tert-OH is 1. The molecular formula is C18H23N3O5S. The molecule has 0 bridgehead atoms. The Bertz CT molecular complexity index is 785. The maximum Gasteiger partial charge on any atom is 0.267 e. The van der Waals surface area contributed by atoms with E-state index in [1.54, 1.807) is 18.3 Å². The SMILES string of the molecule is COc1cc(NC(=O)c2cnc(N3CCCC3CO)s2)cc(OC)c1OC. The van der Waals surface area contributed by atoms with E-state index in [2.05, 4.69) is 15.2 Å². The van der Waals surface area contributed by atoms with Crippen LogP contribution in [0.1, 0.15) is 22.5 Å². The molecule has 27 heavy (non-hydrogen) atoms. The molecule has 2 heterocycles. The van der Waals surface area contributed by atoms with Crippen LogP contribution in [-0.2, 0) is 0 Å². The largest absolute Gasteiger partial charge is 0.493 e. The third-order valence-electron chi connectivity index (χ3n) is 4.47. The number of hydrogen-bond donors (Lipinski definition) is 2. The molecule has 1 aromatic carbocycles. The molecule has 1 fully saturated rings. The lowest BCUT2D eigenvalue weighted by Gasteiger charge is -2.21. The Hall–Kier alpha value is -2.52. The maximum absolute atomic E-state index is 12.6. The van der Waals surface area contributed by atoms with Crippen molar-refractivity contribution in [3.63, 3.8) is 0 Å². The first-order valence-corrected chi connectivity index (χ1v) is 9.37. The first-order chi connectivity index (χ1) is 13.1. The summed E-state index contributed by atoms with van der Waals surface area (Å²) in [6.07, 6.45) is 3.50. The molecule has 2 aromatic rings. The fraction of sp³-hybridized carbons (Fsp3) is 0.444. The second kappa shape index (κ2) is 8.45. The summed E-state index contributed by atoms with van der Waals surface area (Å²) in [7, 11) is 4.56. The standard InChI is InChI=1S/C18H23N3O5S/c1-24-13-7-11(8-14(25-2)16(13)26-3)20-17(23)15-9-19-18(27-15)21-6-4-5-12(21)10-22/h7-9,12,22H,4-6,10H2,1-3H3,(H,20,23). The van der Waals surface area contributed by atoms with Gasteiger partial charge in [-0.05, 0) is 12.8 Å². The van der Waals surface area contributed by atoms with Gasteiger partial charge in [0.1, 0.15) is 4.88 Å². The van der Waals surface area contributed by atoms with E-state index < -0.39 is 0 Å². The quantitative estimate of drug-likeness (QED) is 0.746. The maximum atomic E-state index is 12.6. The summed E-state index contributed by atoms with van der Waals surface area (Å²) in [6.45, 7) is 0.930. The van der Waals surface area contributed by atoms with Gasteiger partial charge < -0.3 is 29.5 Å².